The molecule has 0 aliphatic rings. The lowest BCUT2D eigenvalue weighted by molar-refractivity contribution is 0.493. The summed E-state index contributed by atoms with van der Waals surface area (Å²) >= 11 is 0. The van der Waals surface area contributed by atoms with Crippen molar-refractivity contribution in [1.29, 1.82) is 0 Å². The molecule has 3 nitrogen and oxygen atoms in total. The summed E-state index contributed by atoms with van der Waals surface area (Å²) in [7, 11) is 0. The van der Waals surface area contributed by atoms with E-state index in [1.54, 1.807) is 0 Å². The van der Waals surface area contributed by atoms with Crippen LogP contribution >= 0.6 is 0 Å². The Bertz CT molecular complexity index is 504. The summed E-state index contributed by atoms with van der Waals surface area (Å²) in [4.78, 5) is 0. The van der Waals surface area contributed by atoms with E-state index in [1.807, 2.05) is 36.1 Å². The smallest absolute Gasteiger partial charge is 0.123 e. The molecule has 0 bridgehead atoms. The Morgan fingerprint density at radius 1 is 1.32 bits per heavy atom. The quantitative estimate of drug-likeness (QED) is 0.866. The van der Waals surface area contributed by atoms with Crippen LogP contribution in [0.4, 0.5) is 4.39 Å². The van der Waals surface area contributed by atoms with Crippen LogP contribution in [0.5, 0.6) is 0 Å². The molecule has 1 heterocycles. The first-order valence-corrected chi connectivity index (χ1v) is 6.60. The first kappa shape index (κ1) is 13.7. The van der Waals surface area contributed by atoms with Crippen LogP contribution in [0.15, 0.2) is 36.7 Å². The molecule has 0 aliphatic carbocycles. The molecule has 4 heteroatoms. The standard InChI is InChI=1S/C15H20FN3/c1-12-10-18-19(11-12)8-7-17-13(2)9-14-3-5-15(16)6-4-14/h3-6,10-11,13,17H,7-9H2,1-2H3. The molecule has 1 aromatic heterocycles. The maximum Gasteiger partial charge on any atom is 0.123 e. The molecule has 0 radical (unpaired) electrons. The lowest BCUT2D eigenvalue weighted by Crippen LogP contribution is -2.31. The van der Waals surface area contributed by atoms with Crippen molar-refractivity contribution in [2.75, 3.05) is 6.54 Å². The summed E-state index contributed by atoms with van der Waals surface area (Å²) in [5.74, 6) is -0.182. The first-order valence-electron chi connectivity index (χ1n) is 6.60. The van der Waals surface area contributed by atoms with Gasteiger partial charge in [0.15, 0.2) is 0 Å². The maximum absolute atomic E-state index is 12.8. The molecule has 1 unspecified atom stereocenters. The van der Waals surface area contributed by atoms with E-state index < -0.39 is 0 Å². The molecule has 1 atom stereocenters. The van der Waals surface area contributed by atoms with Gasteiger partial charge in [0.2, 0.25) is 0 Å². The van der Waals surface area contributed by atoms with Crippen LogP contribution in [0.3, 0.4) is 0 Å². The number of aromatic nitrogens is 2. The minimum absolute atomic E-state index is 0.182. The number of aryl methyl sites for hydroxylation is 1. The molecule has 1 N–H and O–H groups in total. The normalized spacial score (nSPS) is 12.6. The highest BCUT2D eigenvalue weighted by Crippen LogP contribution is 2.05. The molecule has 2 rings (SSSR count). The van der Waals surface area contributed by atoms with Gasteiger partial charge in [0.05, 0.1) is 12.7 Å². The van der Waals surface area contributed by atoms with Crippen molar-refractivity contribution in [2.45, 2.75) is 32.9 Å². The van der Waals surface area contributed by atoms with Crippen molar-refractivity contribution < 1.29 is 4.39 Å². The minimum atomic E-state index is -0.182. The Balaban J connectivity index is 1.72. The average Bonchev–Trinajstić information content (AvgIpc) is 2.78. The van der Waals surface area contributed by atoms with Gasteiger partial charge in [0.1, 0.15) is 5.82 Å². The number of hydrogen-bond donors (Lipinski definition) is 1. The topological polar surface area (TPSA) is 29.9 Å². The molecule has 102 valence electrons. The fourth-order valence-electron chi connectivity index (χ4n) is 2.06. The van der Waals surface area contributed by atoms with Crippen LogP contribution in [0.1, 0.15) is 18.1 Å². The predicted octanol–water partition coefficient (Wildman–Crippen LogP) is 2.55. The largest absolute Gasteiger partial charge is 0.312 e. The van der Waals surface area contributed by atoms with E-state index in [9.17, 15) is 4.39 Å². The summed E-state index contributed by atoms with van der Waals surface area (Å²) in [6, 6.07) is 7.06. The van der Waals surface area contributed by atoms with E-state index >= 15 is 0 Å². The Morgan fingerprint density at radius 2 is 2.05 bits per heavy atom. The molecule has 0 saturated heterocycles. The van der Waals surface area contributed by atoms with Gasteiger partial charge in [-0.15, -0.1) is 0 Å². The molecule has 0 spiro atoms. The number of halogens is 1. The zero-order valence-electron chi connectivity index (χ0n) is 11.4. The fraction of sp³-hybridized carbons (Fsp3) is 0.400. The minimum Gasteiger partial charge on any atom is -0.312 e. The van der Waals surface area contributed by atoms with E-state index in [0.717, 1.165) is 25.1 Å². The van der Waals surface area contributed by atoms with Crippen molar-refractivity contribution >= 4 is 0 Å². The molecule has 0 fully saturated rings. The van der Waals surface area contributed by atoms with Gasteiger partial charge in [-0.1, -0.05) is 12.1 Å². The lowest BCUT2D eigenvalue weighted by Gasteiger charge is -2.13. The van der Waals surface area contributed by atoms with Gasteiger partial charge < -0.3 is 5.32 Å². The molecular formula is C15H20FN3. The fourth-order valence-corrected chi connectivity index (χ4v) is 2.06. The van der Waals surface area contributed by atoms with Crippen LogP contribution < -0.4 is 5.32 Å². The van der Waals surface area contributed by atoms with Crippen molar-refractivity contribution in [2.24, 2.45) is 0 Å². The second kappa shape index (κ2) is 6.48. The van der Waals surface area contributed by atoms with Crippen molar-refractivity contribution in [3.8, 4) is 0 Å². The highest BCUT2D eigenvalue weighted by molar-refractivity contribution is 5.16. The van der Waals surface area contributed by atoms with Crippen molar-refractivity contribution in [3.05, 3.63) is 53.6 Å². The molecule has 0 amide bonds. The zero-order chi connectivity index (χ0) is 13.7. The summed E-state index contributed by atoms with van der Waals surface area (Å²) in [6.07, 6.45) is 4.80. The third-order valence-electron chi connectivity index (χ3n) is 3.05. The van der Waals surface area contributed by atoms with Crippen LogP contribution in [0.25, 0.3) is 0 Å². The third kappa shape index (κ3) is 4.48. The SMILES string of the molecule is Cc1cnn(CCNC(C)Cc2ccc(F)cc2)c1. The summed E-state index contributed by atoms with van der Waals surface area (Å²) in [5, 5.41) is 7.69. The van der Waals surface area contributed by atoms with Crippen LogP contribution in [-0.4, -0.2) is 22.4 Å². The molecular weight excluding hydrogens is 241 g/mol. The highest BCUT2D eigenvalue weighted by atomic mass is 19.1. The third-order valence-corrected chi connectivity index (χ3v) is 3.05. The van der Waals surface area contributed by atoms with E-state index in [2.05, 4.69) is 17.3 Å². The van der Waals surface area contributed by atoms with Gasteiger partial charge in [-0.2, -0.15) is 5.10 Å². The van der Waals surface area contributed by atoms with E-state index in [1.165, 1.54) is 17.7 Å². The Labute approximate surface area is 113 Å². The van der Waals surface area contributed by atoms with Crippen LogP contribution in [-0.2, 0) is 13.0 Å². The van der Waals surface area contributed by atoms with Gasteiger partial charge in [-0.25, -0.2) is 4.39 Å². The van der Waals surface area contributed by atoms with E-state index in [-0.39, 0.29) is 5.82 Å². The molecule has 0 saturated carbocycles. The van der Waals surface area contributed by atoms with Crippen LogP contribution in [0.2, 0.25) is 0 Å². The zero-order valence-corrected chi connectivity index (χ0v) is 11.4. The molecule has 0 aliphatic heterocycles. The number of nitrogens with one attached hydrogen (secondary N) is 1. The number of benzene rings is 1. The Hall–Kier alpha value is -1.68. The lowest BCUT2D eigenvalue weighted by atomic mass is 10.1. The summed E-state index contributed by atoms with van der Waals surface area (Å²) in [5.41, 5.74) is 2.33. The van der Waals surface area contributed by atoms with Gasteiger partial charge in [-0.3, -0.25) is 4.68 Å². The van der Waals surface area contributed by atoms with Gasteiger partial charge in [-0.05, 0) is 43.5 Å². The highest BCUT2D eigenvalue weighted by Gasteiger charge is 2.03. The number of hydrogen-bond acceptors (Lipinski definition) is 2. The predicted molar refractivity (Wildman–Crippen MR) is 74.5 cm³/mol. The Kier molecular flexibility index (Phi) is 4.68. The van der Waals surface area contributed by atoms with Crippen LogP contribution in [0, 0.1) is 12.7 Å². The van der Waals surface area contributed by atoms with E-state index in [0.29, 0.717) is 6.04 Å². The average molecular weight is 261 g/mol. The van der Waals surface area contributed by atoms with Gasteiger partial charge >= 0.3 is 0 Å². The van der Waals surface area contributed by atoms with Gasteiger partial charge in [0, 0.05) is 18.8 Å². The van der Waals surface area contributed by atoms with Crippen molar-refractivity contribution in [1.82, 2.24) is 15.1 Å². The molecule has 19 heavy (non-hydrogen) atoms. The second-order valence-electron chi connectivity index (χ2n) is 4.97. The summed E-state index contributed by atoms with van der Waals surface area (Å²) in [6.45, 7) is 5.91. The second-order valence-corrected chi connectivity index (χ2v) is 4.97. The number of nitrogens with zero attached hydrogens (tertiary/aromatic N) is 2. The van der Waals surface area contributed by atoms with E-state index in [4.69, 9.17) is 0 Å². The van der Waals surface area contributed by atoms with Gasteiger partial charge in [0.25, 0.3) is 0 Å². The molecule has 1 aromatic carbocycles. The number of rotatable bonds is 6. The first-order chi connectivity index (χ1) is 9.13. The maximum atomic E-state index is 12.8. The summed E-state index contributed by atoms with van der Waals surface area (Å²) < 4.78 is 14.7. The Morgan fingerprint density at radius 3 is 2.68 bits per heavy atom. The molecule has 2 aromatic rings. The monoisotopic (exact) mass is 261 g/mol. The van der Waals surface area contributed by atoms with Crippen molar-refractivity contribution in [3.63, 3.8) is 0 Å².